The number of rotatable bonds is 4. The van der Waals surface area contributed by atoms with Gasteiger partial charge in [0.1, 0.15) is 6.04 Å². The average molecular weight is 254 g/mol. The summed E-state index contributed by atoms with van der Waals surface area (Å²) in [4.78, 5) is 14.2. The number of likely N-dealkylation sites (N-methyl/N-ethyl adjacent to an activating group) is 2. The predicted octanol–water partition coefficient (Wildman–Crippen LogP) is 2.61. The zero-order chi connectivity index (χ0) is 13.7. The number of benzene rings is 2. The van der Waals surface area contributed by atoms with Crippen LogP contribution < -0.4 is 10.2 Å². The normalized spacial score (nSPS) is 11.7. The maximum Gasteiger partial charge on any atom is 0.247 e. The van der Waals surface area contributed by atoms with Gasteiger partial charge >= 0.3 is 0 Å². The fourth-order valence-corrected chi connectivity index (χ4v) is 2.14. The summed E-state index contributed by atoms with van der Waals surface area (Å²) in [6, 6.07) is 19.4. The van der Waals surface area contributed by atoms with Crippen molar-refractivity contribution in [3.05, 3.63) is 66.2 Å². The van der Waals surface area contributed by atoms with Crippen molar-refractivity contribution in [1.82, 2.24) is 5.32 Å². The zero-order valence-corrected chi connectivity index (χ0v) is 11.2. The molecule has 0 aliphatic heterocycles. The lowest BCUT2D eigenvalue weighted by atomic mass is 10.0. The van der Waals surface area contributed by atoms with Crippen molar-refractivity contribution >= 4 is 11.6 Å². The molecular weight excluding hydrogens is 236 g/mol. The largest absolute Gasteiger partial charge is 0.359 e. The van der Waals surface area contributed by atoms with E-state index >= 15 is 0 Å². The number of nitrogens with zero attached hydrogens (tertiary/aromatic N) is 1. The highest BCUT2D eigenvalue weighted by molar-refractivity contribution is 5.86. The molecule has 1 amide bonds. The molecule has 2 rings (SSSR count). The first-order valence-electron chi connectivity index (χ1n) is 6.28. The van der Waals surface area contributed by atoms with Crippen LogP contribution in [0.4, 0.5) is 5.69 Å². The summed E-state index contributed by atoms with van der Waals surface area (Å²) in [6.07, 6.45) is 0. The lowest BCUT2D eigenvalue weighted by molar-refractivity contribution is -0.122. The highest BCUT2D eigenvalue weighted by atomic mass is 16.2. The Kier molecular flexibility index (Phi) is 4.18. The standard InChI is InChI=1S/C16H18N2O/c1-17-16(19)15(13-9-5-3-6-10-13)18(2)14-11-7-4-8-12-14/h3-12,15H,1-2H3,(H,17,19). The summed E-state index contributed by atoms with van der Waals surface area (Å²) >= 11 is 0. The molecule has 1 N–H and O–H groups in total. The zero-order valence-electron chi connectivity index (χ0n) is 11.2. The summed E-state index contributed by atoms with van der Waals surface area (Å²) in [5.41, 5.74) is 1.99. The van der Waals surface area contributed by atoms with Gasteiger partial charge in [-0.25, -0.2) is 0 Å². The fourth-order valence-electron chi connectivity index (χ4n) is 2.14. The number of carbonyl (C=O) groups is 1. The van der Waals surface area contributed by atoms with E-state index in [2.05, 4.69) is 5.32 Å². The van der Waals surface area contributed by atoms with E-state index < -0.39 is 0 Å². The molecule has 2 aromatic carbocycles. The first kappa shape index (κ1) is 13.1. The number of anilines is 1. The lowest BCUT2D eigenvalue weighted by Gasteiger charge is -2.29. The molecule has 0 bridgehead atoms. The molecule has 0 fully saturated rings. The van der Waals surface area contributed by atoms with Crippen LogP contribution in [-0.4, -0.2) is 20.0 Å². The van der Waals surface area contributed by atoms with E-state index in [1.54, 1.807) is 7.05 Å². The molecule has 0 saturated carbocycles. The topological polar surface area (TPSA) is 32.3 Å². The summed E-state index contributed by atoms with van der Waals surface area (Å²) in [7, 11) is 3.60. The van der Waals surface area contributed by atoms with Gasteiger partial charge in [0.25, 0.3) is 0 Å². The van der Waals surface area contributed by atoms with Crippen LogP contribution in [0.15, 0.2) is 60.7 Å². The molecular formula is C16H18N2O. The van der Waals surface area contributed by atoms with Gasteiger partial charge in [-0.15, -0.1) is 0 Å². The van der Waals surface area contributed by atoms with Crippen LogP contribution in [0.1, 0.15) is 11.6 Å². The molecule has 0 aliphatic rings. The quantitative estimate of drug-likeness (QED) is 0.909. The summed E-state index contributed by atoms with van der Waals surface area (Å²) in [5, 5.41) is 2.73. The van der Waals surface area contributed by atoms with Crippen molar-refractivity contribution < 1.29 is 4.79 Å². The van der Waals surface area contributed by atoms with E-state index in [0.717, 1.165) is 11.3 Å². The van der Waals surface area contributed by atoms with E-state index in [4.69, 9.17) is 0 Å². The van der Waals surface area contributed by atoms with Gasteiger partial charge < -0.3 is 10.2 Å². The Hall–Kier alpha value is -2.29. The van der Waals surface area contributed by atoms with E-state index in [9.17, 15) is 4.79 Å². The molecule has 0 aromatic heterocycles. The highest BCUT2D eigenvalue weighted by Gasteiger charge is 2.24. The van der Waals surface area contributed by atoms with E-state index in [1.807, 2.05) is 72.6 Å². The summed E-state index contributed by atoms with van der Waals surface area (Å²) < 4.78 is 0. The third kappa shape index (κ3) is 2.94. The van der Waals surface area contributed by atoms with Crippen molar-refractivity contribution in [3.63, 3.8) is 0 Å². The second-order valence-electron chi connectivity index (χ2n) is 4.37. The van der Waals surface area contributed by atoms with Crippen LogP contribution in [0.5, 0.6) is 0 Å². The minimum absolute atomic E-state index is 0.0162. The maximum absolute atomic E-state index is 12.2. The van der Waals surface area contributed by atoms with Crippen molar-refractivity contribution in [3.8, 4) is 0 Å². The van der Waals surface area contributed by atoms with Crippen LogP contribution in [0, 0.1) is 0 Å². The second-order valence-corrected chi connectivity index (χ2v) is 4.37. The lowest BCUT2D eigenvalue weighted by Crippen LogP contribution is -2.37. The Balaban J connectivity index is 2.36. The van der Waals surface area contributed by atoms with Crippen LogP contribution in [0.2, 0.25) is 0 Å². The van der Waals surface area contributed by atoms with Crippen LogP contribution in [0.25, 0.3) is 0 Å². The molecule has 19 heavy (non-hydrogen) atoms. The van der Waals surface area contributed by atoms with E-state index in [1.165, 1.54) is 0 Å². The van der Waals surface area contributed by atoms with Crippen molar-refractivity contribution in [1.29, 1.82) is 0 Å². The van der Waals surface area contributed by atoms with Gasteiger partial charge in [-0.2, -0.15) is 0 Å². The highest BCUT2D eigenvalue weighted by Crippen LogP contribution is 2.25. The molecule has 0 aliphatic carbocycles. The van der Waals surface area contributed by atoms with Gasteiger partial charge in [0, 0.05) is 19.8 Å². The monoisotopic (exact) mass is 254 g/mol. The maximum atomic E-state index is 12.2. The first-order valence-corrected chi connectivity index (χ1v) is 6.28. The number of amides is 1. The molecule has 0 heterocycles. The average Bonchev–Trinajstić information content (AvgIpc) is 2.49. The van der Waals surface area contributed by atoms with Gasteiger partial charge in [0.2, 0.25) is 5.91 Å². The van der Waals surface area contributed by atoms with Crippen molar-refractivity contribution in [2.45, 2.75) is 6.04 Å². The molecule has 1 atom stereocenters. The number of hydrogen-bond acceptors (Lipinski definition) is 2. The number of nitrogens with one attached hydrogen (secondary N) is 1. The second kappa shape index (κ2) is 6.05. The molecule has 0 spiro atoms. The Morgan fingerprint density at radius 3 is 2.05 bits per heavy atom. The van der Waals surface area contributed by atoms with Crippen molar-refractivity contribution in [2.24, 2.45) is 0 Å². The predicted molar refractivity (Wildman–Crippen MR) is 78.1 cm³/mol. The number of para-hydroxylation sites is 1. The van der Waals surface area contributed by atoms with Crippen LogP contribution in [-0.2, 0) is 4.79 Å². The molecule has 3 nitrogen and oxygen atoms in total. The number of carbonyl (C=O) groups excluding carboxylic acids is 1. The third-order valence-electron chi connectivity index (χ3n) is 3.16. The molecule has 0 radical (unpaired) electrons. The Bertz CT molecular complexity index is 525. The number of hydrogen-bond donors (Lipinski definition) is 1. The Morgan fingerprint density at radius 2 is 1.53 bits per heavy atom. The summed E-state index contributed by atoms with van der Waals surface area (Å²) in [6.45, 7) is 0. The van der Waals surface area contributed by atoms with Gasteiger partial charge in [0.05, 0.1) is 0 Å². The molecule has 2 aromatic rings. The minimum Gasteiger partial charge on any atom is -0.359 e. The van der Waals surface area contributed by atoms with Crippen LogP contribution >= 0.6 is 0 Å². The molecule has 3 heteroatoms. The van der Waals surface area contributed by atoms with Gasteiger partial charge in [-0.05, 0) is 17.7 Å². The first-order chi connectivity index (χ1) is 9.24. The van der Waals surface area contributed by atoms with Gasteiger partial charge in [-0.1, -0.05) is 48.5 Å². The SMILES string of the molecule is CNC(=O)C(c1ccccc1)N(C)c1ccccc1. The van der Waals surface area contributed by atoms with Crippen LogP contribution in [0.3, 0.4) is 0 Å². The molecule has 98 valence electrons. The van der Waals surface area contributed by atoms with Gasteiger partial charge in [-0.3, -0.25) is 4.79 Å². The van der Waals surface area contributed by atoms with E-state index in [0.29, 0.717) is 0 Å². The molecule has 1 unspecified atom stereocenters. The molecule has 0 saturated heterocycles. The van der Waals surface area contributed by atoms with Crippen molar-refractivity contribution in [2.75, 3.05) is 19.0 Å². The van der Waals surface area contributed by atoms with Gasteiger partial charge in [0.15, 0.2) is 0 Å². The Labute approximate surface area is 113 Å². The minimum atomic E-state index is -0.325. The third-order valence-corrected chi connectivity index (χ3v) is 3.16. The smallest absolute Gasteiger partial charge is 0.247 e. The Morgan fingerprint density at radius 1 is 1.00 bits per heavy atom. The van der Waals surface area contributed by atoms with E-state index in [-0.39, 0.29) is 11.9 Å². The summed E-state index contributed by atoms with van der Waals surface area (Å²) in [5.74, 6) is -0.0162. The fraction of sp³-hybridized carbons (Fsp3) is 0.188.